The van der Waals surface area contributed by atoms with Crippen LogP contribution in [0.4, 0.5) is 0 Å². The lowest BCUT2D eigenvalue weighted by Crippen LogP contribution is -2.46. The highest BCUT2D eigenvalue weighted by molar-refractivity contribution is 6.00. The molecule has 7 heteroatoms. The maximum Gasteiger partial charge on any atom is 0.271 e. The van der Waals surface area contributed by atoms with Crippen LogP contribution in [0.5, 0.6) is 11.5 Å². The number of aromatic nitrogens is 1. The molecule has 1 aliphatic carbocycles. The number of ether oxygens (including phenoxy) is 2. The topological polar surface area (TPSA) is 83.7 Å². The standard InChI is InChI=1S/C24H25N3O4/c1-30-18-9-10-20-15(11-18)12-21(26-20)24(29)27-14-19(31-17-5-3-2-4-6-17)13-22(27)23(28)25-16-7-8-16/h2-6,9-12,16,19,22,26H,7-8,13-14H2,1H3,(H,25,28)/t19-,22-/m0/s1. The number of H-pyrrole nitrogens is 1. The minimum Gasteiger partial charge on any atom is -0.497 e. The van der Waals surface area contributed by atoms with Crippen molar-refractivity contribution in [2.75, 3.05) is 13.7 Å². The van der Waals surface area contributed by atoms with Crippen LogP contribution in [0.1, 0.15) is 29.8 Å². The molecule has 2 aliphatic rings. The lowest BCUT2D eigenvalue weighted by molar-refractivity contribution is -0.125. The van der Waals surface area contributed by atoms with Crippen LogP contribution in [-0.2, 0) is 4.79 Å². The Bertz CT molecular complexity index is 1110. The molecule has 2 amide bonds. The number of methoxy groups -OCH3 is 1. The van der Waals surface area contributed by atoms with Crippen molar-refractivity contribution in [1.82, 2.24) is 15.2 Å². The van der Waals surface area contributed by atoms with Crippen LogP contribution in [0.15, 0.2) is 54.6 Å². The van der Waals surface area contributed by atoms with Crippen LogP contribution in [-0.4, -0.2) is 53.5 Å². The number of rotatable bonds is 6. The lowest BCUT2D eigenvalue weighted by atomic mass is 10.1. The van der Waals surface area contributed by atoms with Gasteiger partial charge in [0.15, 0.2) is 0 Å². The number of para-hydroxylation sites is 1. The molecule has 0 radical (unpaired) electrons. The van der Waals surface area contributed by atoms with Crippen molar-refractivity contribution in [2.24, 2.45) is 0 Å². The number of hydrogen-bond acceptors (Lipinski definition) is 4. The van der Waals surface area contributed by atoms with Gasteiger partial charge >= 0.3 is 0 Å². The van der Waals surface area contributed by atoms with E-state index in [1.165, 1.54) is 0 Å². The molecule has 7 nitrogen and oxygen atoms in total. The van der Waals surface area contributed by atoms with E-state index in [1.807, 2.05) is 48.5 Å². The van der Waals surface area contributed by atoms with Crippen LogP contribution in [0.3, 0.4) is 0 Å². The largest absolute Gasteiger partial charge is 0.497 e. The zero-order valence-corrected chi connectivity index (χ0v) is 17.3. The number of carbonyl (C=O) groups is 2. The predicted octanol–water partition coefficient (Wildman–Crippen LogP) is 3.12. The Labute approximate surface area is 180 Å². The van der Waals surface area contributed by atoms with E-state index in [4.69, 9.17) is 9.47 Å². The summed E-state index contributed by atoms with van der Waals surface area (Å²) in [6, 6.07) is 16.6. The molecule has 2 aromatic carbocycles. The van der Waals surface area contributed by atoms with E-state index in [0.717, 1.165) is 35.2 Å². The number of nitrogens with one attached hydrogen (secondary N) is 2. The average Bonchev–Trinajstić information content (AvgIpc) is 3.34. The first-order valence-corrected chi connectivity index (χ1v) is 10.6. The third-order valence-corrected chi connectivity index (χ3v) is 5.85. The highest BCUT2D eigenvalue weighted by Crippen LogP contribution is 2.28. The van der Waals surface area contributed by atoms with Crippen molar-refractivity contribution in [3.63, 3.8) is 0 Å². The third kappa shape index (κ3) is 4.08. The van der Waals surface area contributed by atoms with Gasteiger partial charge in [-0.15, -0.1) is 0 Å². The normalized spacial score (nSPS) is 20.6. The van der Waals surface area contributed by atoms with Gasteiger partial charge < -0.3 is 24.7 Å². The fourth-order valence-corrected chi connectivity index (χ4v) is 4.08. The van der Waals surface area contributed by atoms with Gasteiger partial charge in [0.05, 0.1) is 13.7 Å². The lowest BCUT2D eigenvalue weighted by Gasteiger charge is -2.23. The molecule has 2 atom stereocenters. The molecule has 1 aromatic heterocycles. The molecular formula is C24H25N3O4. The van der Waals surface area contributed by atoms with Crippen molar-refractivity contribution in [1.29, 1.82) is 0 Å². The molecule has 0 unspecified atom stereocenters. The highest BCUT2D eigenvalue weighted by atomic mass is 16.5. The monoisotopic (exact) mass is 419 g/mol. The number of likely N-dealkylation sites (tertiary alicyclic amines) is 1. The summed E-state index contributed by atoms with van der Waals surface area (Å²) in [7, 11) is 1.61. The van der Waals surface area contributed by atoms with Crippen molar-refractivity contribution >= 4 is 22.7 Å². The number of nitrogens with zero attached hydrogens (tertiary/aromatic N) is 1. The van der Waals surface area contributed by atoms with Crippen LogP contribution in [0, 0.1) is 0 Å². The summed E-state index contributed by atoms with van der Waals surface area (Å²) in [6.07, 6.45) is 2.22. The molecule has 1 saturated carbocycles. The van der Waals surface area contributed by atoms with E-state index in [-0.39, 0.29) is 24.0 Å². The van der Waals surface area contributed by atoms with E-state index in [2.05, 4.69) is 10.3 Å². The summed E-state index contributed by atoms with van der Waals surface area (Å²) in [5.74, 6) is 1.16. The summed E-state index contributed by atoms with van der Waals surface area (Å²) in [5, 5.41) is 3.93. The van der Waals surface area contributed by atoms with E-state index in [9.17, 15) is 9.59 Å². The quantitative estimate of drug-likeness (QED) is 0.643. The van der Waals surface area contributed by atoms with Gasteiger partial charge in [0.2, 0.25) is 5.91 Å². The second-order valence-corrected chi connectivity index (χ2v) is 8.18. The van der Waals surface area contributed by atoms with E-state index >= 15 is 0 Å². The van der Waals surface area contributed by atoms with E-state index in [0.29, 0.717) is 18.7 Å². The zero-order valence-electron chi connectivity index (χ0n) is 17.3. The second-order valence-electron chi connectivity index (χ2n) is 8.18. The molecule has 1 aliphatic heterocycles. The van der Waals surface area contributed by atoms with Crippen molar-refractivity contribution < 1.29 is 19.1 Å². The van der Waals surface area contributed by atoms with Gasteiger partial charge in [-0.05, 0) is 49.2 Å². The molecule has 0 spiro atoms. The second kappa shape index (κ2) is 7.98. The Morgan fingerprint density at radius 2 is 1.87 bits per heavy atom. The van der Waals surface area contributed by atoms with Crippen molar-refractivity contribution in [3.05, 3.63) is 60.3 Å². The number of carbonyl (C=O) groups excluding carboxylic acids is 2. The van der Waals surface area contributed by atoms with E-state index in [1.54, 1.807) is 18.1 Å². The number of fused-ring (bicyclic) bond motifs is 1. The van der Waals surface area contributed by atoms with Gasteiger partial charge in [-0.25, -0.2) is 0 Å². The third-order valence-electron chi connectivity index (χ3n) is 5.85. The minimum absolute atomic E-state index is 0.104. The van der Waals surface area contributed by atoms with Crippen LogP contribution in [0.25, 0.3) is 10.9 Å². The summed E-state index contributed by atoms with van der Waals surface area (Å²) in [5.41, 5.74) is 1.30. The first kappa shape index (κ1) is 19.5. The number of benzene rings is 2. The molecule has 31 heavy (non-hydrogen) atoms. The van der Waals surface area contributed by atoms with Crippen LogP contribution in [0.2, 0.25) is 0 Å². The summed E-state index contributed by atoms with van der Waals surface area (Å²) in [4.78, 5) is 31.1. The molecule has 2 heterocycles. The number of hydrogen-bond donors (Lipinski definition) is 2. The van der Waals surface area contributed by atoms with Crippen LogP contribution >= 0.6 is 0 Å². The predicted molar refractivity (Wildman–Crippen MR) is 116 cm³/mol. The fraction of sp³-hybridized carbons (Fsp3) is 0.333. The van der Waals surface area contributed by atoms with Crippen molar-refractivity contribution in [2.45, 2.75) is 37.5 Å². The first-order valence-electron chi connectivity index (χ1n) is 10.6. The summed E-state index contributed by atoms with van der Waals surface area (Å²) in [6.45, 7) is 0.356. The molecule has 160 valence electrons. The molecule has 0 bridgehead atoms. The Kier molecular flexibility index (Phi) is 5.02. The maximum absolute atomic E-state index is 13.4. The summed E-state index contributed by atoms with van der Waals surface area (Å²) < 4.78 is 11.4. The number of amides is 2. The minimum atomic E-state index is -0.553. The van der Waals surface area contributed by atoms with Crippen LogP contribution < -0.4 is 14.8 Å². The molecule has 2 fully saturated rings. The Morgan fingerprint density at radius 3 is 2.61 bits per heavy atom. The van der Waals surface area contributed by atoms with E-state index < -0.39 is 6.04 Å². The molecule has 3 aromatic rings. The molecule has 5 rings (SSSR count). The smallest absolute Gasteiger partial charge is 0.271 e. The summed E-state index contributed by atoms with van der Waals surface area (Å²) >= 11 is 0. The van der Waals surface area contributed by atoms with Gasteiger partial charge in [-0.2, -0.15) is 0 Å². The Balaban J connectivity index is 1.39. The van der Waals surface area contributed by atoms with Gasteiger partial charge in [0, 0.05) is 23.4 Å². The van der Waals surface area contributed by atoms with Gasteiger partial charge in [0.25, 0.3) is 5.91 Å². The molecule has 2 N–H and O–H groups in total. The molecule has 1 saturated heterocycles. The van der Waals surface area contributed by atoms with Gasteiger partial charge in [-0.3, -0.25) is 9.59 Å². The average molecular weight is 419 g/mol. The first-order chi connectivity index (χ1) is 15.1. The zero-order chi connectivity index (χ0) is 21.4. The number of aromatic amines is 1. The molecular weight excluding hydrogens is 394 g/mol. The van der Waals surface area contributed by atoms with Crippen molar-refractivity contribution in [3.8, 4) is 11.5 Å². The Morgan fingerprint density at radius 1 is 1.06 bits per heavy atom. The highest BCUT2D eigenvalue weighted by Gasteiger charge is 2.42. The fourth-order valence-electron chi connectivity index (χ4n) is 4.08. The van der Waals surface area contributed by atoms with Gasteiger partial charge in [-0.1, -0.05) is 18.2 Å². The SMILES string of the molecule is COc1ccc2[nH]c(C(=O)N3C[C@@H](Oc4ccccc4)C[C@H]3C(=O)NC3CC3)cc2c1. The maximum atomic E-state index is 13.4. The Hall–Kier alpha value is -3.48. The van der Waals surface area contributed by atoms with Gasteiger partial charge in [0.1, 0.15) is 29.3 Å².